The molecule has 1 aliphatic heterocycles. The molecule has 0 aliphatic carbocycles. The largest absolute Gasteiger partial charge is 0.355 e. The van der Waals surface area contributed by atoms with E-state index < -0.39 is 6.04 Å². The number of likely N-dealkylation sites (N-methyl/N-ethyl adjacent to an activating group) is 1. The molecule has 140 valence electrons. The van der Waals surface area contributed by atoms with E-state index in [1.807, 2.05) is 7.05 Å². The van der Waals surface area contributed by atoms with E-state index >= 15 is 0 Å². The fraction of sp³-hybridized carbons (Fsp3) is 0.706. The zero-order chi connectivity index (χ0) is 18.1. The van der Waals surface area contributed by atoms with E-state index in [1.165, 1.54) is 0 Å². The molecule has 4 N–H and O–H groups in total. The van der Waals surface area contributed by atoms with Crippen LogP contribution in [0, 0.1) is 0 Å². The van der Waals surface area contributed by atoms with E-state index in [1.54, 1.807) is 12.5 Å². The molecule has 1 atom stereocenters. The molecule has 1 fully saturated rings. The molecule has 0 saturated carbocycles. The first-order chi connectivity index (χ1) is 12.1. The van der Waals surface area contributed by atoms with Crippen molar-refractivity contribution in [2.75, 3.05) is 40.3 Å². The van der Waals surface area contributed by atoms with Crippen LogP contribution in [-0.4, -0.2) is 78.0 Å². The highest BCUT2D eigenvalue weighted by molar-refractivity contribution is 5.82. The Morgan fingerprint density at radius 2 is 2.20 bits per heavy atom. The molecule has 8 nitrogen and oxygen atoms in total. The van der Waals surface area contributed by atoms with Gasteiger partial charge < -0.3 is 25.8 Å². The van der Waals surface area contributed by atoms with Crippen molar-refractivity contribution in [3.05, 3.63) is 18.2 Å². The number of carbonyl (C=O) groups excluding carboxylic acids is 1. The van der Waals surface area contributed by atoms with Gasteiger partial charge in [-0.2, -0.15) is 0 Å². The van der Waals surface area contributed by atoms with Crippen LogP contribution in [0.25, 0.3) is 0 Å². The molecule has 8 heteroatoms. The Morgan fingerprint density at radius 3 is 2.92 bits per heavy atom. The van der Waals surface area contributed by atoms with Crippen molar-refractivity contribution < 1.29 is 4.79 Å². The van der Waals surface area contributed by atoms with Gasteiger partial charge in [-0.05, 0) is 12.8 Å². The molecular formula is C17H31N7O. The fourth-order valence-electron chi connectivity index (χ4n) is 3.09. The maximum atomic E-state index is 11.9. The highest BCUT2D eigenvalue weighted by Crippen LogP contribution is 2.09. The number of aromatic nitrogens is 2. The lowest BCUT2D eigenvalue weighted by Gasteiger charge is -2.20. The second-order valence-electron chi connectivity index (χ2n) is 6.52. The van der Waals surface area contributed by atoms with Gasteiger partial charge in [0, 0.05) is 58.6 Å². The number of unbranched alkanes of at least 4 members (excludes halogenated alkanes) is 3. The minimum Gasteiger partial charge on any atom is -0.355 e. The first kappa shape index (κ1) is 19.2. The zero-order valence-corrected chi connectivity index (χ0v) is 15.4. The summed E-state index contributed by atoms with van der Waals surface area (Å²) < 4.78 is 0. The summed E-state index contributed by atoms with van der Waals surface area (Å²) in [6, 6.07) is -0.528. The van der Waals surface area contributed by atoms with Crippen molar-refractivity contribution in [2.45, 2.75) is 38.1 Å². The number of rotatable bonds is 10. The summed E-state index contributed by atoms with van der Waals surface area (Å²) >= 11 is 0. The normalized spacial score (nSPS) is 17.3. The number of carbonyl (C=O) groups is 1. The number of aromatic amines is 1. The molecule has 25 heavy (non-hydrogen) atoms. The highest BCUT2D eigenvalue weighted by Gasteiger charge is 2.21. The average molecular weight is 349 g/mol. The molecule has 2 heterocycles. The first-order valence-electron chi connectivity index (χ1n) is 9.05. The number of H-pyrrole nitrogens is 1. The van der Waals surface area contributed by atoms with Crippen LogP contribution in [0.3, 0.4) is 0 Å². The summed E-state index contributed by atoms with van der Waals surface area (Å²) in [5.41, 5.74) is 6.78. The number of imidazole rings is 1. The number of nitrogens with zero attached hydrogens (tertiary/aromatic N) is 4. The molecule has 2 rings (SSSR count). The molecule has 1 saturated heterocycles. The third kappa shape index (κ3) is 6.04. The number of nitrogens with two attached hydrogens (primary N) is 1. The van der Waals surface area contributed by atoms with Crippen LogP contribution >= 0.6 is 0 Å². The summed E-state index contributed by atoms with van der Waals surface area (Å²) in [5, 5.41) is 2.91. The number of hydrogen-bond acceptors (Lipinski definition) is 4. The van der Waals surface area contributed by atoms with Gasteiger partial charge in [0.15, 0.2) is 5.96 Å². The second kappa shape index (κ2) is 10.0. The Labute approximate surface area is 149 Å². The Bertz CT molecular complexity index is 543. The summed E-state index contributed by atoms with van der Waals surface area (Å²) in [6.07, 6.45) is 8.18. The van der Waals surface area contributed by atoms with Gasteiger partial charge >= 0.3 is 0 Å². The lowest BCUT2D eigenvalue weighted by atomic mass is 10.1. The summed E-state index contributed by atoms with van der Waals surface area (Å²) in [4.78, 5) is 27.7. The predicted octanol–water partition coefficient (Wildman–Crippen LogP) is 0.189. The third-order valence-electron chi connectivity index (χ3n) is 4.52. The lowest BCUT2D eigenvalue weighted by molar-refractivity contribution is -0.122. The lowest BCUT2D eigenvalue weighted by Crippen LogP contribution is -2.42. The molecular weight excluding hydrogens is 318 g/mol. The van der Waals surface area contributed by atoms with Gasteiger partial charge in [-0.25, -0.2) is 4.98 Å². The fourth-order valence-corrected chi connectivity index (χ4v) is 3.09. The Kier molecular flexibility index (Phi) is 7.72. The summed E-state index contributed by atoms with van der Waals surface area (Å²) in [5.74, 6) is 0.997. The van der Waals surface area contributed by atoms with Crippen molar-refractivity contribution in [3.8, 4) is 0 Å². The van der Waals surface area contributed by atoms with Crippen molar-refractivity contribution >= 4 is 11.9 Å². The molecule has 0 radical (unpaired) electrons. The molecule has 1 aliphatic rings. The van der Waals surface area contributed by atoms with Crippen LogP contribution in [0.4, 0.5) is 0 Å². The SMILES string of the molecule is CN=C1N(C)CCN1CCCCCCNC(=O)C(N)Cc1cnc[nH]1. The topological polar surface area (TPSA) is 103 Å². The second-order valence-corrected chi connectivity index (χ2v) is 6.52. The predicted molar refractivity (Wildman–Crippen MR) is 99.3 cm³/mol. The molecule has 1 unspecified atom stereocenters. The summed E-state index contributed by atoms with van der Waals surface area (Å²) in [6.45, 7) is 3.85. The molecule has 0 aromatic carbocycles. The Hall–Kier alpha value is -2.09. The average Bonchev–Trinajstić information content (AvgIpc) is 3.23. The zero-order valence-electron chi connectivity index (χ0n) is 15.4. The van der Waals surface area contributed by atoms with E-state index in [4.69, 9.17) is 5.73 Å². The molecule has 1 aromatic heterocycles. The van der Waals surface area contributed by atoms with Crippen molar-refractivity contribution in [3.63, 3.8) is 0 Å². The van der Waals surface area contributed by atoms with E-state index in [-0.39, 0.29) is 5.91 Å². The smallest absolute Gasteiger partial charge is 0.237 e. The monoisotopic (exact) mass is 349 g/mol. The number of nitrogens with one attached hydrogen (secondary N) is 2. The standard InChI is InChI=1S/C17H31N7O/c1-19-17-23(2)9-10-24(17)8-6-4-3-5-7-21-16(25)15(18)11-14-12-20-13-22-14/h12-13,15H,3-11,18H2,1-2H3,(H,20,22)(H,21,25). The van der Waals surface area contributed by atoms with Crippen LogP contribution in [0.1, 0.15) is 31.4 Å². The van der Waals surface area contributed by atoms with E-state index in [9.17, 15) is 4.79 Å². The quantitative estimate of drug-likeness (QED) is 0.523. The molecule has 1 aromatic rings. The van der Waals surface area contributed by atoms with Crippen LogP contribution in [-0.2, 0) is 11.2 Å². The molecule has 0 bridgehead atoms. The minimum absolute atomic E-state index is 0.0986. The molecule has 1 amide bonds. The Balaban J connectivity index is 1.50. The van der Waals surface area contributed by atoms with E-state index in [0.717, 1.165) is 57.0 Å². The summed E-state index contributed by atoms with van der Waals surface area (Å²) in [7, 11) is 3.94. The highest BCUT2D eigenvalue weighted by atomic mass is 16.2. The van der Waals surface area contributed by atoms with Gasteiger partial charge in [0.2, 0.25) is 5.91 Å². The van der Waals surface area contributed by atoms with E-state index in [0.29, 0.717) is 13.0 Å². The van der Waals surface area contributed by atoms with Crippen molar-refractivity contribution in [1.82, 2.24) is 25.1 Å². The van der Waals surface area contributed by atoms with Crippen LogP contribution in [0.5, 0.6) is 0 Å². The van der Waals surface area contributed by atoms with Crippen LogP contribution in [0.2, 0.25) is 0 Å². The van der Waals surface area contributed by atoms with Gasteiger partial charge in [0.1, 0.15) is 0 Å². The van der Waals surface area contributed by atoms with Crippen LogP contribution < -0.4 is 11.1 Å². The van der Waals surface area contributed by atoms with Crippen molar-refractivity contribution in [1.29, 1.82) is 0 Å². The Morgan fingerprint density at radius 1 is 1.40 bits per heavy atom. The van der Waals surface area contributed by atoms with Gasteiger partial charge in [0.25, 0.3) is 0 Å². The number of aliphatic imine (C=N–C) groups is 1. The van der Waals surface area contributed by atoms with Crippen LogP contribution in [0.15, 0.2) is 17.5 Å². The number of amides is 1. The third-order valence-corrected chi connectivity index (χ3v) is 4.52. The van der Waals surface area contributed by atoms with Crippen molar-refractivity contribution in [2.24, 2.45) is 10.7 Å². The maximum absolute atomic E-state index is 11.9. The van der Waals surface area contributed by atoms with Gasteiger partial charge in [0.05, 0.1) is 12.4 Å². The first-order valence-corrected chi connectivity index (χ1v) is 9.05. The maximum Gasteiger partial charge on any atom is 0.237 e. The van der Waals surface area contributed by atoms with Gasteiger partial charge in [-0.3, -0.25) is 9.79 Å². The van der Waals surface area contributed by atoms with Gasteiger partial charge in [-0.15, -0.1) is 0 Å². The van der Waals surface area contributed by atoms with Gasteiger partial charge in [-0.1, -0.05) is 12.8 Å². The number of guanidine groups is 1. The minimum atomic E-state index is -0.528. The molecule has 0 spiro atoms. The van der Waals surface area contributed by atoms with E-state index in [2.05, 4.69) is 37.1 Å². The number of hydrogen-bond donors (Lipinski definition) is 3.